The summed E-state index contributed by atoms with van der Waals surface area (Å²) in [6, 6.07) is 6.83. The molecule has 0 aliphatic heterocycles. The largest absolute Gasteiger partial charge is 0.872 e. The Kier molecular flexibility index (Phi) is 5.11. The van der Waals surface area contributed by atoms with Crippen molar-refractivity contribution in [3.8, 4) is 5.75 Å². The lowest BCUT2D eigenvalue weighted by Gasteiger charge is -2.13. The van der Waals surface area contributed by atoms with E-state index < -0.39 is 43.2 Å². The Morgan fingerprint density at radius 1 is 0.923 bits per heavy atom. The second kappa shape index (κ2) is 7.25. The molecule has 0 aromatic heterocycles. The Bertz CT molecular complexity index is 886. The molecule has 0 aliphatic carbocycles. The monoisotopic (exact) mass is 360 g/mol. The summed E-state index contributed by atoms with van der Waals surface area (Å²) >= 11 is 0. The molecule has 0 heterocycles. The lowest BCUT2D eigenvalue weighted by molar-refractivity contribution is -0.403. The summed E-state index contributed by atoms with van der Waals surface area (Å²) in [7, 11) is 1.42. The molecule has 0 unspecified atom stereocenters. The lowest BCUT2D eigenvalue weighted by atomic mass is 10.1. The molecular weight excluding hydrogens is 350 g/mol. The van der Waals surface area contributed by atoms with Gasteiger partial charge in [0.2, 0.25) is 0 Å². The van der Waals surface area contributed by atoms with Crippen molar-refractivity contribution in [1.82, 2.24) is 0 Å². The van der Waals surface area contributed by atoms with Crippen molar-refractivity contribution in [2.45, 2.75) is 0 Å². The fourth-order valence-electron chi connectivity index (χ4n) is 2.13. The van der Waals surface area contributed by atoms with E-state index in [9.17, 15) is 35.4 Å². The minimum atomic E-state index is -1.02. The highest BCUT2D eigenvalue weighted by Gasteiger charge is 2.28. The van der Waals surface area contributed by atoms with Crippen LogP contribution in [-0.2, 0) is 0 Å². The van der Waals surface area contributed by atoms with Crippen LogP contribution in [0, 0.1) is 30.3 Å². The maximum atomic E-state index is 12.3. The van der Waals surface area contributed by atoms with Gasteiger partial charge in [-0.05, 0) is 23.8 Å². The number of benzene rings is 2. The Hall–Kier alpha value is -4.02. The smallest absolute Gasteiger partial charge is 0.290 e. The van der Waals surface area contributed by atoms with Crippen LogP contribution in [0.4, 0.5) is 17.1 Å². The van der Waals surface area contributed by atoms with Gasteiger partial charge >= 0.3 is 0 Å². The van der Waals surface area contributed by atoms with E-state index >= 15 is 0 Å². The SMILES string of the molecule is COc1ccc(/C([O-])=C/c2c([N+](=O)[O-])cc([N+](=O)[O-])cc2[N+](=O)[O-])cc1. The van der Waals surface area contributed by atoms with Gasteiger partial charge in [-0.2, -0.15) is 0 Å². The van der Waals surface area contributed by atoms with Crippen molar-refractivity contribution in [1.29, 1.82) is 0 Å². The van der Waals surface area contributed by atoms with E-state index in [0.29, 0.717) is 24.0 Å². The topological polar surface area (TPSA) is 162 Å². The van der Waals surface area contributed by atoms with E-state index in [4.69, 9.17) is 4.74 Å². The first-order chi connectivity index (χ1) is 12.2. The van der Waals surface area contributed by atoms with Crippen LogP contribution in [0.5, 0.6) is 5.75 Å². The molecule has 0 aliphatic rings. The molecule has 11 nitrogen and oxygen atoms in total. The summed E-state index contributed by atoms with van der Waals surface area (Å²) in [6.45, 7) is 0. The molecule has 0 saturated heterocycles. The number of methoxy groups -OCH3 is 1. The number of non-ortho nitro benzene ring substituents is 1. The highest BCUT2D eigenvalue weighted by molar-refractivity contribution is 5.84. The van der Waals surface area contributed by atoms with E-state index in [0.717, 1.165) is 0 Å². The van der Waals surface area contributed by atoms with Crippen LogP contribution in [0.1, 0.15) is 11.1 Å². The third-order valence-electron chi connectivity index (χ3n) is 3.38. The molecule has 0 fully saturated rings. The second-order valence-electron chi connectivity index (χ2n) is 4.91. The molecular formula is C15H10N3O8-. The maximum Gasteiger partial charge on any atom is 0.290 e. The van der Waals surface area contributed by atoms with Gasteiger partial charge in [-0.3, -0.25) is 30.3 Å². The molecule has 0 N–H and O–H groups in total. The van der Waals surface area contributed by atoms with Gasteiger partial charge in [0.25, 0.3) is 17.1 Å². The van der Waals surface area contributed by atoms with Crippen LogP contribution in [0.3, 0.4) is 0 Å². The normalized spacial score (nSPS) is 11.0. The first-order valence-corrected chi connectivity index (χ1v) is 6.89. The molecule has 2 aromatic carbocycles. The van der Waals surface area contributed by atoms with Crippen molar-refractivity contribution in [2.75, 3.05) is 7.11 Å². The van der Waals surface area contributed by atoms with Crippen LogP contribution < -0.4 is 9.84 Å². The van der Waals surface area contributed by atoms with Crippen LogP contribution in [0.25, 0.3) is 11.8 Å². The molecule has 0 radical (unpaired) electrons. The Balaban J connectivity index is 2.67. The van der Waals surface area contributed by atoms with Gasteiger partial charge in [-0.15, -0.1) is 5.76 Å². The predicted molar refractivity (Wildman–Crippen MR) is 87.3 cm³/mol. The van der Waals surface area contributed by atoms with Crippen molar-refractivity contribution in [3.05, 3.63) is 77.9 Å². The number of ether oxygens (including phenoxy) is 1. The minimum absolute atomic E-state index is 0.104. The first kappa shape index (κ1) is 18.3. The Morgan fingerprint density at radius 3 is 1.81 bits per heavy atom. The number of hydrogen-bond acceptors (Lipinski definition) is 8. The molecule has 0 spiro atoms. The van der Waals surface area contributed by atoms with Crippen LogP contribution >= 0.6 is 0 Å². The van der Waals surface area contributed by atoms with Crippen molar-refractivity contribution in [3.63, 3.8) is 0 Å². The molecule has 11 heteroatoms. The molecule has 0 saturated carbocycles. The first-order valence-electron chi connectivity index (χ1n) is 6.89. The lowest BCUT2D eigenvalue weighted by Crippen LogP contribution is -2.05. The molecule has 134 valence electrons. The van der Waals surface area contributed by atoms with Crippen LogP contribution in [0.15, 0.2) is 36.4 Å². The minimum Gasteiger partial charge on any atom is -0.872 e. The van der Waals surface area contributed by atoms with Gasteiger partial charge < -0.3 is 9.84 Å². The van der Waals surface area contributed by atoms with E-state index in [-0.39, 0.29) is 5.56 Å². The molecule has 2 aromatic rings. The Morgan fingerprint density at radius 2 is 1.42 bits per heavy atom. The molecule has 2 rings (SSSR count). The Labute approximate surface area is 145 Å². The zero-order chi connectivity index (χ0) is 19.4. The summed E-state index contributed by atoms with van der Waals surface area (Å²) in [6.07, 6.45) is 0.710. The van der Waals surface area contributed by atoms with Crippen molar-refractivity contribution >= 4 is 28.9 Å². The van der Waals surface area contributed by atoms with E-state index in [2.05, 4.69) is 0 Å². The van der Waals surface area contributed by atoms with E-state index in [1.165, 1.54) is 31.4 Å². The maximum absolute atomic E-state index is 12.3. The molecule has 0 amide bonds. The van der Waals surface area contributed by atoms with Gasteiger partial charge in [-0.25, -0.2) is 0 Å². The average molecular weight is 360 g/mol. The quantitative estimate of drug-likeness (QED) is 0.328. The summed E-state index contributed by atoms with van der Waals surface area (Å²) in [5, 5.41) is 45.5. The average Bonchev–Trinajstić information content (AvgIpc) is 2.61. The van der Waals surface area contributed by atoms with E-state index in [1.807, 2.05) is 0 Å². The molecule has 0 bridgehead atoms. The summed E-state index contributed by atoms with van der Waals surface area (Å²) in [5.41, 5.74) is -3.16. The van der Waals surface area contributed by atoms with Crippen molar-refractivity contribution in [2.24, 2.45) is 0 Å². The summed E-state index contributed by atoms with van der Waals surface area (Å²) in [5.74, 6) is -0.276. The van der Waals surface area contributed by atoms with Gasteiger partial charge in [0.05, 0.1) is 34.0 Å². The number of nitro benzene ring substituents is 3. The fourth-order valence-corrected chi connectivity index (χ4v) is 2.13. The zero-order valence-electron chi connectivity index (χ0n) is 13.1. The zero-order valence-corrected chi connectivity index (χ0v) is 13.1. The predicted octanol–water partition coefficient (Wildman–Crippen LogP) is 2.28. The number of nitrogens with zero attached hydrogens (tertiary/aromatic N) is 3. The van der Waals surface area contributed by atoms with Crippen LogP contribution in [0.2, 0.25) is 0 Å². The van der Waals surface area contributed by atoms with Gasteiger partial charge in [0.1, 0.15) is 11.3 Å². The fraction of sp³-hybridized carbons (Fsp3) is 0.0667. The number of hydrogen-bond donors (Lipinski definition) is 0. The van der Waals surface area contributed by atoms with Gasteiger partial charge in [-0.1, -0.05) is 12.1 Å². The number of rotatable bonds is 6. The highest BCUT2D eigenvalue weighted by atomic mass is 16.6. The highest BCUT2D eigenvalue weighted by Crippen LogP contribution is 2.35. The summed E-state index contributed by atoms with van der Waals surface area (Å²) in [4.78, 5) is 30.2. The standard InChI is InChI=1S/C15H11N3O8/c1-26-11-4-2-9(3-5-11)15(19)8-12-13(17(22)23)6-10(16(20)21)7-14(12)18(24)25/h2-8,19H,1H3/p-1/b15-8-. The molecule has 0 atom stereocenters. The third-order valence-corrected chi connectivity index (χ3v) is 3.38. The summed E-state index contributed by atoms with van der Waals surface area (Å²) < 4.78 is 4.94. The van der Waals surface area contributed by atoms with Crippen LogP contribution in [-0.4, -0.2) is 21.9 Å². The van der Waals surface area contributed by atoms with Crippen molar-refractivity contribution < 1.29 is 24.6 Å². The molecule has 26 heavy (non-hydrogen) atoms. The van der Waals surface area contributed by atoms with Gasteiger partial charge in [0, 0.05) is 0 Å². The number of nitro groups is 3. The third kappa shape index (κ3) is 3.72. The second-order valence-corrected chi connectivity index (χ2v) is 4.91. The van der Waals surface area contributed by atoms with Gasteiger partial charge in [0.15, 0.2) is 0 Å². The van der Waals surface area contributed by atoms with E-state index in [1.54, 1.807) is 0 Å².